The van der Waals surface area contributed by atoms with Crippen molar-refractivity contribution in [2.24, 2.45) is 0 Å². The van der Waals surface area contributed by atoms with Crippen LogP contribution in [0.5, 0.6) is 0 Å². The molecule has 0 aliphatic rings. The molecule has 0 unspecified atom stereocenters. The molecule has 0 N–H and O–H groups in total. The van der Waals surface area contributed by atoms with Crippen molar-refractivity contribution in [3.8, 4) is 5.69 Å². The number of fused-ring (bicyclic) bond motifs is 1. The molecule has 84 valence electrons. The van der Waals surface area contributed by atoms with Gasteiger partial charge in [-0.1, -0.05) is 0 Å². The van der Waals surface area contributed by atoms with Gasteiger partial charge >= 0.3 is 5.63 Å². The van der Waals surface area contributed by atoms with E-state index >= 15 is 0 Å². The molecule has 1 aromatic carbocycles. The van der Waals surface area contributed by atoms with Crippen LogP contribution in [0.2, 0.25) is 0 Å². The highest BCUT2D eigenvalue weighted by atomic mass is 16.4. The van der Waals surface area contributed by atoms with Crippen LogP contribution < -0.4 is 5.63 Å². The molecule has 0 atom stereocenters. The number of aryl methyl sites for hydroxylation is 1. The van der Waals surface area contributed by atoms with Crippen LogP contribution >= 0.6 is 0 Å². The standard InChI is InChI=1S/C13H10N2O2/c1-9-7-13(16)17-12-8-10(3-4-11(9)12)15-6-2-5-14-15/h2-8H,1H3. The molecule has 0 saturated carbocycles. The van der Waals surface area contributed by atoms with Gasteiger partial charge in [0, 0.05) is 29.9 Å². The van der Waals surface area contributed by atoms with Gasteiger partial charge in [0.15, 0.2) is 0 Å². The van der Waals surface area contributed by atoms with E-state index in [4.69, 9.17) is 4.42 Å². The summed E-state index contributed by atoms with van der Waals surface area (Å²) in [5.74, 6) is 0. The van der Waals surface area contributed by atoms with Crippen LogP contribution in [0.3, 0.4) is 0 Å². The highest BCUT2D eigenvalue weighted by molar-refractivity contribution is 5.81. The first-order valence-corrected chi connectivity index (χ1v) is 5.28. The molecule has 0 saturated heterocycles. The largest absolute Gasteiger partial charge is 0.423 e. The number of rotatable bonds is 1. The van der Waals surface area contributed by atoms with Gasteiger partial charge in [-0.2, -0.15) is 5.10 Å². The summed E-state index contributed by atoms with van der Waals surface area (Å²) in [5.41, 5.74) is 2.05. The minimum Gasteiger partial charge on any atom is -0.423 e. The number of nitrogens with zero attached hydrogens (tertiary/aromatic N) is 2. The third kappa shape index (κ3) is 1.63. The van der Waals surface area contributed by atoms with E-state index in [2.05, 4.69) is 5.10 Å². The normalized spacial score (nSPS) is 10.9. The molecule has 0 bridgehead atoms. The van der Waals surface area contributed by atoms with Crippen LogP contribution in [0.1, 0.15) is 5.56 Å². The number of aromatic nitrogens is 2. The van der Waals surface area contributed by atoms with Crippen molar-refractivity contribution in [3.63, 3.8) is 0 Å². The quantitative estimate of drug-likeness (QED) is 0.598. The second kappa shape index (κ2) is 3.59. The van der Waals surface area contributed by atoms with E-state index in [0.29, 0.717) is 5.58 Å². The zero-order chi connectivity index (χ0) is 11.8. The summed E-state index contributed by atoms with van der Waals surface area (Å²) < 4.78 is 6.91. The predicted octanol–water partition coefficient (Wildman–Crippen LogP) is 2.29. The lowest BCUT2D eigenvalue weighted by molar-refractivity contribution is 0.559. The van der Waals surface area contributed by atoms with Gasteiger partial charge in [-0.15, -0.1) is 0 Å². The van der Waals surface area contributed by atoms with Gasteiger partial charge in [-0.05, 0) is 30.7 Å². The maximum atomic E-state index is 11.3. The first-order chi connectivity index (χ1) is 8.24. The predicted molar refractivity (Wildman–Crippen MR) is 64.3 cm³/mol. The summed E-state index contributed by atoms with van der Waals surface area (Å²) in [6, 6.07) is 9.04. The SMILES string of the molecule is Cc1cc(=O)oc2cc(-n3cccn3)ccc12. The molecule has 0 spiro atoms. The number of hydrogen-bond donors (Lipinski definition) is 0. The summed E-state index contributed by atoms with van der Waals surface area (Å²) in [6.45, 7) is 1.90. The summed E-state index contributed by atoms with van der Waals surface area (Å²) >= 11 is 0. The zero-order valence-corrected chi connectivity index (χ0v) is 9.25. The third-order valence-corrected chi connectivity index (χ3v) is 2.70. The Balaban J connectivity index is 2.29. The highest BCUT2D eigenvalue weighted by Gasteiger charge is 2.04. The van der Waals surface area contributed by atoms with E-state index in [-0.39, 0.29) is 5.63 Å². The Morgan fingerprint density at radius 1 is 1.29 bits per heavy atom. The van der Waals surface area contributed by atoms with E-state index in [0.717, 1.165) is 16.6 Å². The summed E-state index contributed by atoms with van der Waals surface area (Å²) in [5, 5.41) is 5.08. The van der Waals surface area contributed by atoms with Crippen molar-refractivity contribution in [1.29, 1.82) is 0 Å². The second-order valence-corrected chi connectivity index (χ2v) is 3.88. The van der Waals surface area contributed by atoms with Crippen LogP contribution in [0.15, 0.2) is 51.9 Å². The average molecular weight is 226 g/mol. The van der Waals surface area contributed by atoms with Crippen molar-refractivity contribution in [3.05, 3.63) is 58.7 Å². The van der Waals surface area contributed by atoms with Crippen molar-refractivity contribution >= 4 is 11.0 Å². The molecule has 0 aliphatic carbocycles. The molecule has 0 aliphatic heterocycles. The molecular formula is C13H10N2O2. The Morgan fingerprint density at radius 3 is 2.94 bits per heavy atom. The first-order valence-electron chi connectivity index (χ1n) is 5.28. The van der Waals surface area contributed by atoms with E-state index in [1.165, 1.54) is 6.07 Å². The molecule has 4 heteroatoms. The lowest BCUT2D eigenvalue weighted by atomic mass is 10.1. The van der Waals surface area contributed by atoms with Crippen LogP contribution in [0.4, 0.5) is 0 Å². The van der Waals surface area contributed by atoms with Crippen LogP contribution in [0.25, 0.3) is 16.7 Å². The maximum absolute atomic E-state index is 11.3. The first kappa shape index (κ1) is 9.84. The molecule has 0 radical (unpaired) electrons. The van der Waals surface area contributed by atoms with Crippen LogP contribution in [-0.4, -0.2) is 9.78 Å². The minimum atomic E-state index is -0.326. The van der Waals surface area contributed by atoms with Gasteiger partial charge < -0.3 is 4.42 Å². The van der Waals surface area contributed by atoms with Crippen molar-refractivity contribution in [2.45, 2.75) is 6.92 Å². The summed E-state index contributed by atoms with van der Waals surface area (Å²) in [7, 11) is 0. The fourth-order valence-corrected chi connectivity index (χ4v) is 1.88. The molecule has 2 aromatic heterocycles. The highest BCUT2D eigenvalue weighted by Crippen LogP contribution is 2.19. The fourth-order valence-electron chi connectivity index (χ4n) is 1.88. The molecular weight excluding hydrogens is 216 g/mol. The van der Waals surface area contributed by atoms with E-state index in [1.807, 2.05) is 37.4 Å². The Bertz CT molecular complexity index is 727. The maximum Gasteiger partial charge on any atom is 0.336 e. The Hall–Kier alpha value is -2.36. The van der Waals surface area contributed by atoms with Crippen LogP contribution in [-0.2, 0) is 0 Å². The zero-order valence-electron chi connectivity index (χ0n) is 9.25. The summed E-state index contributed by atoms with van der Waals surface area (Å²) in [4.78, 5) is 11.3. The lowest BCUT2D eigenvalue weighted by Crippen LogP contribution is -1.99. The minimum absolute atomic E-state index is 0.326. The number of hydrogen-bond acceptors (Lipinski definition) is 3. The van der Waals surface area contributed by atoms with Crippen molar-refractivity contribution < 1.29 is 4.42 Å². The van der Waals surface area contributed by atoms with E-state index < -0.39 is 0 Å². The van der Waals surface area contributed by atoms with Crippen LogP contribution in [0, 0.1) is 6.92 Å². The molecule has 4 nitrogen and oxygen atoms in total. The Kier molecular flexibility index (Phi) is 2.08. The Morgan fingerprint density at radius 2 is 2.18 bits per heavy atom. The fraction of sp³-hybridized carbons (Fsp3) is 0.0769. The second-order valence-electron chi connectivity index (χ2n) is 3.88. The van der Waals surface area contributed by atoms with Gasteiger partial charge in [0.1, 0.15) is 5.58 Å². The van der Waals surface area contributed by atoms with Gasteiger partial charge in [0.05, 0.1) is 5.69 Å². The molecule has 3 rings (SSSR count). The van der Waals surface area contributed by atoms with Gasteiger partial charge in [0.2, 0.25) is 0 Å². The lowest BCUT2D eigenvalue weighted by Gasteiger charge is -2.04. The Labute approximate surface area is 97.1 Å². The molecule has 2 heterocycles. The summed E-state index contributed by atoms with van der Waals surface area (Å²) in [6.07, 6.45) is 3.55. The van der Waals surface area contributed by atoms with Gasteiger partial charge in [-0.3, -0.25) is 0 Å². The van der Waals surface area contributed by atoms with Gasteiger partial charge in [-0.25, -0.2) is 9.48 Å². The van der Waals surface area contributed by atoms with Crippen molar-refractivity contribution in [1.82, 2.24) is 9.78 Å². The molecule has 17 heavy (non-hydrogen) atoms. The smallest absolute Gasteiger partial charge is 0.336 e. The monoisotopic (exact) mass is 226 g/mol. The van der Waals surface area contributed by atoms with E-state index in [9.17, 15) is 4.79 Å². The van der Waals surface area contributed by atoms with E-state index in [1.54, 1.807) is 10.9 Å². The molecule has 3 aromatic rings. The molecule has 0 amide bonds. The average Bonchev–Trinajstić information content (AvgIpc) is 2.81. The van der Waals surface area contributed by atoms with Crippen molar-refractivity contribution in [2.75, 3.05) is 0 Å². The number of benzene rings is 1. The van der Waals surface area contributed by atoms with Gasteiger partial charge in [0.25, 0.3) is 0 Å². The topological polar surface area (TPSA) is 48.0 Å². The molecule has 0 fully saturated rings. The third-order valence-electron chi connectivity index (χ3n) is 2.70.